The Labute approximate surface area is 184 Å². The maximum absolute atomic E-state index is 14.5. The first-order chi connectivity index (χ1) is 15.3. The van der Waals surface area contributed by atoms with Crippen LogP contribution < -0.4 is 10.5 Å². The quantitative estimate of drug-likeness (QED) is 0.684. The second-order valence-electron chi connectivity index (χ2n) is 7.85. The minimum Gasteiger partial charge on any atom is -0.327 e. The number of halogens is 1. The third kappa shape index (κ3) is 4.16. The summed E-state index contributed by atoms with van der Waals surface area (Å²) in [5, 5.41) is 6.55. The van der Waals surface area contributed by atoms with Crippen LogP contribution in [0.25, 0.3) is 0 Å². The van der Waals surface area contributed by atoms with Gasteiger partial charge in [-0.2, -0.15) is 5.10 Å². The van der Waals surface area contributed by atoms with E-state index in [1.165, 1.54) is 17.0 Å². The lowest BCUT2D eigenvalue weighted by molar-refractivity contribution is -0.120. The Morgan fingerprint density at radius 3 is 2.53 bits per heavy atom. The van der Waals surface area contributed by atoms with Gasteiger partial charge in [0.05, 0.1) is 11.3 Å². The molecule has 0 unspecified atom stereocenters. The van der Waals surface area contributed by atoms with Crippen LogP contribution in [0.1, 0.15) is 32.7 Å². The van der Waals surface area contributed by atoms with E-state index in [-0.39, 0.29) is 23.6 Å². The lowest BCUT2D eigenvalue weighted by Gasteiger charge is -2.34. The predicted molar refractivity (Wildman–Crippen MR) is 118 cm³/mol. The van der Waals surface area contributed by atoms with Crippen LogP contribution in [0.2, 0.25) is 0 Å². The molecule has 0 saturated carbocycles. The number of hydrogen-bond donors (Lipinski definition) is 1. The van der Waals surface area contributed by atoms with Gasteiger partial charge in [-0.3, -0.25) is 14.4 Å². The second-order valence-corrected chi connectivity index (χ2v) is 7.85. The van der Waals surface area contributed by atoms with Gasteiger partial charge in [0, 0.05) is 30.8 Å². The zero-order valence-electron chi connectivity index (χ0n) is 17.9. The first-order valence-electron chi connectivity index (χ1n) is 10.3. The van der Waals surface area contributed by atoms with Gasteiger partial charge in [-0.1, -0.05) is 24.3 Å². The molecular formula is C24H23FN4O3. The number of H-pyrrole nitrogens is 1. The second kappa shape index (κ2) is 8.74. The predicted octanol–water partition coefficient (Wildman–Crippen LogP) is 2.61. The summed E-state index contributed by atoms with van der Waals surface area (Å²) in [6.07, 6.45) is 0.338. The average Bonchev–Trinajstić information content (AvgIpc) is 2.80. The van der Waals surface area contributed by atoms with Gasteiger partial charge in [0.1, 0.15) is 12.4 Å². The molecule has 3 aromatic rings. The summed E-state index contributed by atoms with van der Waals surface area (Å²) in [5.74, 6) is -1.37. The Morgan fingerprint density at radius 1 is 1.06 bits per heavy atom. The molecule has 1 fully saturated rings. The van der Waals surface area contributed by atoms with Crippen molar-refractivity contribution in [2.24, 2.45) is 0 Å². The molecule has 0 radical (unpaired) electrons. The monoisotopic (exact) mass is 434 g/mol. The Morgan fingerprint density at radius 2 is 1.81 bits per heavy atom. The highest BCUT2D eigenvalue weighted by molar-refractivity contribution is 6.01. The van der Waals surface area contributed by atoms with Gasteiger partial charge in [-0.05, 0) is 49.2 Å². The first kappa shape index (κ1) is 21.4. The van der Waals surface area contributed by atoms with Crippen molar-refractivity contribution in [3.05, 3.63) is 92.6 Å². The van der Waals surface area contributed by atoms with Crippen molar-refractivity contribution in [1.82, 2.24) is 15.1 Å². The summed E-state index contributed by atoms with van der Waals surface area (Å²) in [7, 11) is 0. The van der Waals surface area contributed by atoms with Crippen molar-refractivity contribution >= 4 is 17.5 Å². The van der Waals surface area contributed by atoms with Gasteiger partial charge in [0.2, 0.25) is 5.91 Å². The number of carbonyl (C=O) groups excluding carboxylic acids is 2. The number of nitrogens with one attached hydrogen (secondary N) is 1. The number of hydrogen-bond acceptors (Lipinski definition) is 4. The van der Waals surface area contributed by atoms with Crippen LogP contribution >= 0.6 is 0 Å². The molecule has 2 amide bonds. The number of benzene rings is 2. The first-order valence-corrected chi connectivity index (χ1v) is 10.3. The molecule has 0 spiro atoms. The molecule has 1 saturated heterocycles. The standard InChI is InChI=1S/C24H23FN4O3/c1-15-16(2)23(31)27-26-21(15)13-17-8-9-20(25)19(12-17)24(32)28-10-11-29(22(30)14-28)18-6-4-3-5-7-18/h3-9,12H,10-11,13-14H2,1-2H3,(H,27,31). The largest absolute Gasteiger partial charge is 0.327 e. The van der Waals surface area contributed by atoms with E-state index in [0.29, 0.717) is 36.3 Å². The zero-order valence-corrected chi connectivity index (χ0v) is 17.9. The maximum atomic E-state index is 14.5. The molecule has 0 bridgehead atoms. The van der Waals surface area contributed by atoms with Crippen LogP contribution in [-0.2, 0) is 11.2 Å². The van der Waals surface area contributed by atoms with Crippen molar-refractivity contribution < 1.29 is 14.0 Å². The van der Waals surface area contributed by atoms with Crippen LogP contribution in [0.3, 0.4) is 0 Å². The molecular weight excluding hydrogens is 411 g/mol. The van der Waals surface area contributed by atoms with Gasteiger partial charge in [0.15, 0.2) is 0 Å². The molecule has 8 heteroatoms. The van der Waals surface area contributed by atoms with E-state index in [1.54, 1.807) is 24.8 Å². The highest BCUT2D eigenvalue weighted by atomic mass is 19.1. The van der Waals surface area contributed by atoms with Gasteiger partial charge in [0.25, 0.3) is 11.5 Å². The average molecular weight is 434 g/mol. The summed E-state index contributed by atoms with van der Waals surface area (Å²) < 4.78 is 14.5. The zero-order chi connectivity index (χ0) is 22.8. The van der Waals surface area contributed by atoms with Crippen LogP contribution in [0.4, 0.5) is 10.1 Å². The molecule has 164 valence electrons. The lowest BCUT2D eigenvalue weighted by Crippen LogP contribution is -2.52. The Balaban J connectivity index is 1.53. The Bertz CT molecular complexity index is 1240. The Hall–Kier alpha value is -3.81. The number of aromatic nitrogens is 2. The normalized spacial score (nSPS) is 14.0. The number of amides is 2. The van der Waals surface area contributed by atoms with Crippen LogP contribution in [-0.4, -0.2) is 46.5 Å². The minimum absolute atomic E-state index is 0.0812. The number of para-hydroxylation sites is 1. The fourth-order valence-electron chi connectivity index (χ4n) is 3.78. The van der Waals surface area contributed by atoms with Crippen LogP contribution in [0.15, 0.2) is 53.3 Å². The topological polar surface area (TPSA) is 86.4 Å². The van der Waals surface area contributed by atoms with Gasteiger partial charge < -0.3 is 9.80 Å². The summed E-state index contributed by atoms with van der Waals surface area (Å²) >= 11 is 0. The highest BCUT2D eigenvalue weighted by Crippen LogP contribution is 2.21. The Kier molecular flexibility index (Phi) is 5.85. The van der Waals surface area contributed by atoms with E-state index in [4.69, 9.17) is 0 Å². The van der Waals surface area contributed by atoms with E-state index in [2.05, 4.69) is 10.2 Å². The van der Waals surface area contributed by atoms with Gasteiger partial charge in [-0.15, -0.1) is 0 Å². The fourth-order valence-corrected chi connectivity index (χ4v) is 3.78. The molecule has 32 heavy (non-hydrogen) atoms. The SMILES string of the molecule is Cc1c(Cc2ccc(F)c(C(=O)N3CCN(c4ccccc4)C(=O)C3)c2)n[nH]c(=O)c1C. The third-order valence-corrected chi connectivity index (χ3v) is 5.84. The fraction of sp³-hybridized carbons (Fsp3) is 0.250. The van der Waals surface area contributed by atoms with Crippen molar-refractivity contribution in [3.63, 3.8) is 0 Å². The van der Waals surface area contributed by atoms with E-state index < -0.39 is 11.7 Å². The number of aromatic amines is 1. The van der Waals surface area contributed by atoms with E-state index >= 15 is 0 Å². The van der Waals surface area contributed by atoms with Crippen LogP contribution in [0.5, 0.6) is 0 Å². The van der Waals surface area contributed by atoms with E-state index in [9.17, 15) is 18.8 Å². The van der Waals surface area contributed by atoms with Crippen LogP contribution in [0, 0.1) is 19.7 Å². The smallest absolute Gasteiger partial charge is 0.267 e. The minimum atomic E-state index is -0.640. The molecule has 4 rings (SSSR count). The number of piperazine rings is 1. The lowest BCUT2D eigenvalue weighted by atomic mass is 10.0. The summed E-state index contributed by atoms with van der Waals surface area (Å²) in [5.41, 5.74) is 3.11. The molecule has 0 aliphatic carbocycles. The van der Waals surface area contributed by atoms with Crippen molar-refractivity contribution in [2.75, 3.05) is 24.5 Å². The number of nitrogens with zero attached hydrogens (tertiary/aromatic N) is 3. The molecule has 2 heterocycles. The summed E-state index contributed by atoms with van der Waals surface area (Å²) in [6, 6.07) is 13.6. The molecule has 7 nitrogen and oxygen atoms in total. The van der Waals surface area contributed by atoms with E-state index in [1.807, 2.05) is 30.3 Å². The third-order valence-electron chi connectivity index (χ3n) is 5.84. The molecule has 0 atom stereocenters. The number of rotatable bonds is 4. The van der Waals surface area contributed by atoms with Gasteiger partial charge in [-0.25, -0.2) is 9.49 Å². The number of carbonyl (C=O) groups is 2. The maximum Gasteiger partial charge on any atom is 0.267 e. The molecule has 2 aromatic carbocycles. The molecule has 1 N–H and O–H groups in total. The van der Waals surface area contributed by atoms with Crippen molar-refractivity contribution in [2.45, 2.75) is 20.3 Å². The molecule has 1 aromatic heterocycles. The van der Waals surface area contributed by atoms with Crippen molar-refractivity contribution in [3.8, 4) is 0 Å². The highest BCUT2D eigenvalue weighted by Gasteiger charge is 2.29. The summed E-state index contributed by atoms with van der Waals surface area (Å²) in [6.45, 7) is 4.06. The summed E-state index contributed by atoms with van der Waals surface area (Å²) in [4.78, 5) is 40.4. The molecule has 1 aliphatic rings. The van der Waals surface area contributed by atoms with Crippen molar-refractivity contribution in [1.29, 1.82) is 0 Å². The van der Waals surface area contributed by atoms with Gasteiger partial charge >= 0.3 is 0 Å². The molecule has 1 aliphatic heterocycles. The number of anilines is 1. The van der Waals surface area contributed by atoms with E-state index in [0.717, 1.165) is 11.3 Å².